The van der Waals surface area contributed by atoms with E-state index in [0.717, 1.165) is 0 Å². The van der Waals surface area contributed by atoms with Crippen LogP contribution in [0.4, 0.5) is 0 Å². The molecular weight excluding hydrogens is 138 g/mol. The lowest BCUT2D eigenvalue weighted by Gasteiger charge is -2.06. The van der Waals surface area contributed by atoms with Crippen molar-refractivity contribution in [2.45, 2.75) is 24.8 Å². The normalized spacial score (nSPS) is 35.6. The number of H-pyrrole nitrogens is 1. The minimum Gasteiger partial charge on any atom is -0.348 e. The van der Waals surface area contributed by atoms with Crippen LogP contribution in [0.5, 0.6) is 0 Å². The molecule has 2 atom stereocenters. The van der Waals surface area contributed by atoms with Gasteiger partial charge in [-0.3, -0.25) is 0 Å². The second-order valence-corrected chi connectivity index (χ2v) is 3.43. The van der Waals surface area contributed by atoms with Gasteiger partial charge in [-0.1, -0.05) is 0 Å². The highest BCUT2D eigenvalue weighted by Crippen LogP contribution is 2.49. The highest BCUT2D eigenvalue weighted by Gasteiger charge is 2.50. The molecule has 0 amide bonds. The second-order valence-electron chi connectivity index (χ2n) is 3.43. The zero-order valence-corrected chi connectivity index (χ0v) is 6.89. The molecule has 1 aromatic rings. The van der Waals surface area contributed by atoms with Crippen molar-refractivity contribution in [3.8, 4) is 0 Å². The van der Waals surface area contributed by atoms with E-state index in [1.165, 1.54) is 12.1 Å². The SMILES string of the molecule is CN[C@@]1(C)C[C@@H]1c1cnc[nH]1. The Hall–Kier alpha value is -0.830. The summed E-state index contributed by atoms with van der Waals surface area (Å²) in [7, 11) is 2.01. The molecule has 1 saturated carbocycles. The molecule has 11 heavy (non-hydrogen) atoms. The highest BCUT2D eigenvalue weighted by atomic mass is 15.0. The third-order valence-corrected chi connectivity index (χ3v) is 2.70. The standard InChI is InChI=1S/C8H13N3/c1-8(9-2)3-6(8)7-4-10-5-11-7/h4-6,9H,3H2,1-2H3,(H,10,11)/t6-,8+/m1/s1. The van der Waals surface area contributed by atoms with E-state index < -0.39 is 0 Å². The lowest BCUT2D eigenvalue weighted by atomic mass is 10.2. The molecule has 3 nitrogen and oxygen atoms in total. The average Bonchev–Trinajstić information content (AvgIpc) is 2.53. The van der Waals surface area contributed by atoms with Crippen LogP contribution in [0.3, 0.4) is 0 Å². The lowest BCUT2D eigenvalue weighted by Crippen LogP contribution is -2.25. The van der Waals surface area contributed by atoms with Crippen LogP contribution in [-0.4, -0.2) is 22.6 Å². The van der Waals surface area contributed by atoms with Crippen molar-refractivity contribution in [1.29, 1.82) is 0 Å². The van der Waals surface area contributed by atoms with Crippen molar-refractivity contribution >= 4 is 0 Å². The van der Waals surface area contributed by atoms with Crippen LogP contribution in [0.15, 0.2) is 12.5 Å². The summed E-state index contributed by atoms with van der Waals surface area (Å²) in [5.41, 5.74) is 1.56. The van der Waals surface area contributed by atoms with Gasteiger partial charge in [0, 0.05) is 23.3 Å². The van der Waals surface area contributed by atoms with Crippen molar-refractivity contribution in [2.75, 3.05) is 7.05 Å². The molecule has 0 unspecified atom stereocenters. The predicted octanol–water partition coefficient (Wildman–Crippen LogP) is 0.875. The van der Waals surface area contributed by atoms with E-state index in [4.69, 9.17) is 0 Å². The van der Waals surface area contributed by atoms with Gasteiger partial charge in [-0.15, -0.1) is 0 Å². The summed E-state index contributed by atoms with van der Waals surface area (Å²) in [6, 6.07) is 0. The van der Waals surface area contributed by atoms with Gasteiger partial charge in [0.05, 0.1) is 6.33 Å². The van der Waals surface area contributed by atoms with Crippen LogP contribution in [0.2, 0.25) is 0 Å². The number of imidazole rings is 1. The van der Waals surface area contributed by atoms with Crippen molar-refractivity contribution in [2.24, 2.45) is 0 Å². The number of likely N-dealkylation sites (N-methyl/N-ethyl adjacent to an activating group) is 1. The summed E-state index contributed by atoms with van der Waals surface area (Å²) < 4.78 is 0. The summed E-state index contributed by atoms with van der Waals surface area (Å²) in [6.45, 7) is 2.23. The minimum atomic E-state index is 0.312. The first-order chi connectivity index (χ1) is 5.26. The van der Waals surface area contributed by atoms with E-state index in [1.54, 1.807) is 6.33 Å². The molecule has 1 heterocycles. The Morgan fingerprint density at radius 2 is 2.64 bits per heavy atom. The molecule has 0 aliphatic heterocycles. The molecule has 0 radical (unpaired) electrons. The molecule has 0 saturated heterocycles. The van der Waals surface area contributed by atoms with E-state index in [2.05, 4.69) is 22.2 Å². The summed E-state index contributed by atoms with van der Waals surface area (Å²) in [5, 5.41) is 3.31. The number of aromatic nitrogens is 2. The van der Waals surface area contributed by atoms with Gasteiger partial charge in [0.2, 0.25) is 0 Å². The molecule has 60 valence electrons. The van der Waals surface area contributed by atoms with Gasteiger partial charge >= 0.3 is 0 Å². The first kappa shape index (κ1) is 6.85. The quantitative estimate of drug-likeness (QED) is 0.658. The lowest BCUT2D eigenvalue weighted by molar-refractivity contribution is 0.583. The Balaban J connectivity index is 2.13. The van der Waals surface area contributed by atoms with E-state index in [-0.39, 0.29) is 0 Å². The Morgan fingerprint density at radius 3 is 3.09 bits per heavy atom. The number of aromatic amines is 1. The van der Waals surface area contributed by atoms with Gasteiger partial charge in [-0.2, -0.15) is 0 Å². The van der Waals surface area contributed by atoms with E-state index >= 15 is 0 Å². The largest absolute Gasteiger partial charge is 0.348 e. The molecule has 1 aromatic heterocycles. The smallest absolute Gasteiger partial charge is 0.0921 e. The molecule has 2 rings (SSSR count). The Morgan fingerprint density at radius 1 is 1.82 bits per heavy atom. The number of hydrogen-bond acceptors (Lipinski definition) is 2. The fraction of sp³-hybridized carbons (Fsp3) is 0.625. The Bertz CT molecular complexity index is 242. The summed E-state index contributed by atoms with van der Waals surface area (Å²) in [6.07, 6.45) is 4.86. The van der Waals surface area contributed by atoms with Crippen LogP contribution in [-0.2, 0) is 0 Å². The zero-order chi connectivity index (χ0) is 7.90. The molecule has 0 spiro atoms. The Kier molecular flexibility index (Phi) is 1.29. The first-order valence-corrected chi connectivity index (χ1v) is 3.93. The van der Waals surface area contributed by atoms with Gasteiger partial charge < -0.3 is 10.3 Å². The van der Waals surface area contributed by atoms with Gasteiger partial charge in [0.25, 0.3) is 0 Å². The summed E-state index contributed by atoms with van der Waals surface area (Å²) in [5.74, 6) is 0.634. The summed E-state index contributed by atoms with van der Waals surface area (Å²) >= 11 is 0. The third kappa shape index (κ3) is 0.959. The van der Waals surface area contributed by atoms with Crippen molar-refractivity contribution < 1.29 is 0 Å². The summed E-state index contributed by atoms with van der Waals surface area (Å²) in [4.78, 5) is 7.14. The number of nitrogens with zero attached hydrogens (tertiary/aromatic N) is 1. The van der Waals surface area contributed by atoms with Gasteiger partial charge in [0.1, 0.15) is 0 Å². The predicted molar refractivity (Wildman–Crippen MR) is 43.4 cm³/mol. The minimum absolute atomic E-state index is 0.312. The molecular formula is C8H13N3. The molecule has 0 bridgehead atoms. The van der Waals surface area contributed by atoms with Crippen molar-refractivity contribution in [3.05, 3.63) is 18.2 Å². The molecule has 1 aliphatic carbocycles. The molecule has 1 fully saturated rings. The maximum atomic E-state index is 4.00. The average molecular weight is 151 g/mol. The fourth-order valence-corrected chi connectivity index (χ4v) is 1.55. The maximum absolute atomic E-state index is 4.00. The molecule has 3 heteroatoms. The molecule has 2 N–H and O–H groups in total. The second kappa shape index (κ2) is 2.08. The van der Waals surface area contributed by atoms with Gasteiger partial charge in [-0.25, -0.2) is 4.98 Å². The fourth-order valence-electron chi connectivity index (χ4n) is 1.55. The monoisotopic (exact) mass is 151 g/mol. The topological polar surface area (TPSA) is 40.7 Å². The number of rotatable bonds is 2. The van der Waals surface area contributed by atoms with Gasteiger partial charge in [0.15, 0.2) is 0 Å². The van der Waals surface area contributed by atoms with Crippen LogP contribution in [0.25, 0.3) is 0 Å². The maximum Gasteiger partial charge on any atom is 0.0921 e. The van der Waals surface area contributed by atoms with E-state index in [9.17, 15) is 0 Å². The molecule has 1 aliphatic rings. The van der Waals surface area contributed by atoms with E-state index in [0.29, 0.717) is 11.5 Å². The number of nitrogens with one attached hydrogen (secondary N) is 2. The van der Waals surface area contributed by atoms with Crippen molar-refractivity contribution in [1.82, 2.24) is 15.3 Å². The van der Waals surface area contributed by atoms with E-state index in [1.807, 2.05) is 13.2 Å². The van der Waals surface area contributed by atoms with Crippen LogP contribution < -0.4 is 5.32 Å². The first-order valence-electron chi connectivity index (χ1n) is 3.93. The zero-order valence-electron chi connectivity index (χ0n) is 6.89. The third-order valence-electron chi connectivity index (χ3n) is 2.70. The van der Waals surface area contributed by atoms with Crippen LogP contribution >= 0.6 is 0 Å². The molecule has 0 aromatic carbocycles. The van der Waals surface area contributed by atoms with Crippen molar-refractivity contribution in [3.63, 3.8) is 0 Å². The van der Waals surface area contributed by atoms with Crippen LogP contribution in [0.1, 0.15) is 25.0 Å². The Labute approximate surface area is 66.2 Å². The van der Waals surface area contributed by atoms with Gasteiger partial charge in [-0.05, 0) is 20.4 Å². The number of hydrogen-bond donors (Lipinski definition) is 2. The van der Waals surface area contributed by atoms with Crippen LogP contribution in [0, 0.1) is 0 Å². The highest BCUT2D eigenvalue weighted by molar-refractivity contribution is 5.24.